The minimum absolute atomic E-state index is 0.367. The summed E-state index contributed by atoms with van der Waals surface area (Å²) in [6, 6.07) is 1.56. The first-order valence-electron chi connectivity index (χ1n) is 3.10. The summed E-state index contributed by atoms with van der Waals surface area (Å²) in [5.41, 5.74) is 0.367. The molecule has 0 aliphatic heterocycles. The van der Waals surface area contributed by atoms with Crippen LogP contribution in [0.15, 0.2) is 35.2 Å². The van der Waals surface area contributed by atoms with Gasteiger partial charge in [-0.3, -0.25) is 0 Å². The van der Waals surface area contributed by atoms with Crippen molar-refractivity contribution in [3.05, 3.63) is 30.7 Å². The summed E-state index contributed by atoms with van der Waals surface area (Å²) in [6.07, 6.45) is 2.78. The normalized spacial score (nSPS) is 9.18. The summed E-state index contributed by atoms with van der Waals surface area (Å²) < 4.78 is 9.47. The van der Waals surface area contributed by atoms with Gasteiger partial charge in [0.05, 0.1) is 6.26 Å². The Bertz CT molecular complexity index is 259. The number of carbonyl (C=O) groups is 1. The van der Waals surface area contributed by atoms with Gasteiger partial charge in [-0.2, -0.15) is 0 Å². The number of carbonyl (C=O) groups excluding carboxylic acids is 1. The molecule has 0 amide bonds. The van der Waals surface area contributed by atoms with Gasteiger partial charge in [-0.15, -0.1) is 0 Å². The fourth-order valence-corrected chi connectivity index (χ4v) is 0.504. The molecule has 0 aromatic carbocycles. The van der Waals surface area contributed by atoms with Crippen molar-refractivity contribution in [1.82, 2.24) is 0 Å². The topological polar surface area (TPSA) is 39.4 Å². The lowest BCUT2D eigenvalue weighted by Crippen LogP contribution is -2.07. The zero-order valence-electron chi connectivity index (χ0n) is 6.16. The first-order chi connectivity index (χ1) is 5.20. The van der Waals surface area contributed by atoms with Gasteiger partial charge in [0.2, 0.25) is 0 Å². The molecule has 1 rings (SSSR count). The van der Waals surface area contributed by atoms with E-state index in [2.05, 4.69) is 11.0 Å². The zero-order chi connectivity index (χ0) is 8.27. The Balaban J connectivity index is 2.57. The highest BCUT2D eigenvalue weighted by molar-refractivity contribution is 5.88. The van der Waals surface area contributed by atoms with Gasteiger partial charge in [0, 0.05) is 11.6 Å². The van der Waals surface area contributed by atoms with Crippen LogP contribution in [-0.4, -0.2) is 5.97 Å². The van der Waals surface area contributed by atoms with Gasteiger partial charge in [0.15, 0.2) is 5.75 Å². The predicted octanol–water partition coefficient (Wildman–Crippen LogP) is 1.76. The van der Waals surface area contributed by atoms with Crippen molar-refractivity contribution in [3.8, 4) is 5.75 Å². The van der Waals surface area contributed by atoms with Crippen LogP contribution >= 0.6 is 0 Å². The van der Waals surface area contributed by atoms with Gasteiger partial charge in [0.1, 0.15) is 6.26 Å². The lowest BCUT2D eigenvalue weighted by atomic mass is 10.4. The maximum absolute atomic E-state index is 10.8. The quantitative estimate of drug-likeness (QED) is 0.478. The Kier molecular flexibility index (Phi) is 2.11. The van der Waals surface area contributed by atoms with Crippen molar-refractivity contribution in [1.29, 1.82) is 0 Å². The maximum Gasteiger partial charge on any atom is 0.338 e. The Morgan fingerprint density at radius 3 is 2.91 bits per heavy atom. The van der Waals surface area contributed by atoms with E-state index in [-0.39, 0.29) is 0 Å². The van der Waals surface area contributed by atoms with Crippen LogP contribution in [0.2, 0.25) is 0 Å². The van der Waals surface area contributed by atoms with Crippen LogP contribution in [0.25, 0.3) is 0 Å². The van der Waals surface area contributed by atoms with Gasteiger partial charge in [-0.25, -0.2) is 4.79 Å². The fraction of sp³-hybridized carbons (Fsp3) is 0.125. The Morgan fingerprint density at radius 2 is 2.45 bits per heavy atom. The largest absolute Gasteiger partial charge is 0.469 e. The Morgan fingerprint density at radius 1 is 1.73 bits per heavy atom. The van der Waals surface area contributed by atoms with Crippen LogP contribution in [0, 0.1) is 0 Å². The maximum atomic E-state index is 10.8. The third-order valence-corrected chi connectivity index (χ3v) is 1.05. The molecule has 0 spiro atoms. The highest BCUT2D eigenvalue weighted by atomic mass is 16.5. The van der Waals surface area contributed by atoms with E-state index < -0.39 is 5.97 Å². The second-order valence-electron chi connectivity index (χ2n) is 2.13. The number of esters is 1. The number of hydrogen-bond donors (Lipinski definition) is 0. The van der Waals surface area contributed by atoms with Crippen LogP contribution in [0.4, 0.5) is 0 Å². The molecule has 0 N–H and O–H groups in total. The van der Waals surface area contributed by atoms with Crippen LogP contribution in [0.3, 0.4) is 0 Å². The molecule has 0 radical (unpaired) electrons. The van der Waals surface area contributed by atoms with E-state index in [1.54, 1.807) is 13.0 Å². The van der Waals surface area contributed by atoms with Crippen LogP contribution < -0.4 is 4.74 Å². The summed E-state index contributed by atoms with van der Waals surface area (Å²) in [6.45, 7) is 5.02. The van der Waals surface area contributed by atoms with Crippen molar-refractivity contribution < 1.29 is 13.9 Å². The summed E-state index contributed by atoms with van der Waals surface area (Å²) in [4.78, 5) is 10.8. The van der Waals surface area contributed by atoms with Gasteiger partial charge in [0.25, 0.3) is 0 Å². The standard InChI is InChI=1S/C8H8O3/c1-6(2)8(9)11-7-3-4-10-5-7/h3-5H,1H2,2H3. The van der Waals surface area contributed by atoms with E-state index in [0.717, 1.165) is 0 Å². The lowest BCUT2D eigenvalue weighted by molar-refractivity contribution is -0.130. The fourth-order valence-electron chi connectivity index (χ4n) is 0.504. The molecule has 0 aliphatic carbocycles. The molecule has 1 aromatic rings. The van der Waals surface area contributed by atoms with Crippen LogP contribution in [0.5, 0.6) is 5.75 Å². The number of rotatable bonds is 2. The third-order valence-electron chi connectivity index (χ3n) is 1.05. The molecular weight excluding hydrogens is 144 g/mol. The first kappa shape index (κ1) is 7.60. The van der Waals surface area contributed by atoms with Crippen molar-refractivity contribution in [2.75, 3.05) is 0 Å². The average molecular weight is 152 g/mol. The van der Waals surface area contributed by atoms with Gasteiger partial charge in [-0.1, -0.05) is 6.58 Å². The molecule has 0 bridgehead atoms. The molecule has 11 heavy (non-hydrogen) atoms. The summed E-state index contributed by atoms with van der Waals surface area (Å²) in [5, 5.41) is 0. The van der Waals surface area contributed by atoms with E-state index in [1.807, 2.05) is 0 Å². The minimum Gasteiger partial charge on any atom is -0.469 e. The monoisotopic (exact) mass is 152 g/mol. The highest BCUT2D eigenvalue weighted by Crippen LogP contribution is 2.11. The van der Waals surface area contributed by atoms with E-state index >= 15 is 0 Å². The molecule has 3 nitrogen and oxygen atoms in total. The number of hydrogen-bond acceptors (Lipinski definition) is 3. The van der Waals surface area contributed by atoms with Crippen LogP contribution in [-0.2, 0) is 4.79 Å². The molecular formula is C8H8O3. The minimum atomic E-state index is -0.439. The van der Waals surface area contributed by atoms with Crippen LogP contribution in [0.1, 0.15) is 6.92 Å². The lowest BCUT2D eigenvalue weighted by Gasteiger charge is -1.97. The summed E-state index contributed by atoms with van der Waals surface area (Å²) in [7, 11) is 0. The first-order valence-corrected chi connectivity index (χ1v) is 3.10. The zero-order valence-corrected chi connectivity index (χ0v) is 6.16. The highest BCUT2D eigenvalue weighted by Gasteiger charge is 2.04. The Labute approximate surface area is 64.3 Å². The molecule has 0 saturated carbocycles. The van der Waals surface area contributed by atoms with Gasteiger partial charge in [-0.05, 0) is 6.92 Å². The van der Waals surface area contributed by atoms with Gasteiger partial charge >= 0.3 is 5.97 Å². The molecule has 3 heteroatoms. The molecule has 0 aliphatic rings. The second kappa shape index (κ2) is 3.05. The van der Waals surface area contributed by atoms with E-state index in [4.69, 9.17) is 4.74 Å². The molecule has 0 unspecified atom stereocenters. The molecule has 0 atom stereocenters. The van der Waals surface area contributed by atoms with Crippen molar-refractivity contribution in [3.63, 3.8) is 0 Å². The molecule has 58 valence electrons. The predicted molar refractivity (Wildman–Crippen MR) is 39.2 cm³/mol. The molecule has 0 saturated heterocycles. The average Bonchev–Trinajstić information content (AvgIpc) is 2.39. The third kappa shape index (κ3) is 1.97. The smallest absolute Gasteiger partial charge is 0.338 e. The SMILES string of the molecule is C=C(C)C(=O)Oc1ccoc1. The molecule has 0 fully saturated rings. The van der Waals surface area contributed by atoms with E-state index in [1.165, 1.54) is 12.5 Å². The van der Waals surface area contributed by atoms with Crippen molar-refractivity contribution in [2.24, 2.45) is 0 Å². The van der Waals surface area contributed by atoms with Crippen molar-refractivity contribution in [2.45, 2.75) is 6.92 Å². The second-order valence-corrected chi connectivity index (χ2v) is 2.13. The summed E-state index contributed by atoms with van der Waals surface area (Å²) in [5.74, 6) is -0.0376. The van der Waals surface area contributed by atoms with Crippen molar-refractivity contribution >= 4 is 5.97 Å². The van der Waals surface area contributed by atoms with E-state index in [9.17, 15) is 4.79 Å². The number of ether oxygens (including phenoxy) is 1. The number of furan rings is 1. The van der Waals surface area contributed by atoms with Gasteiger partial charge < -0.3 is 9.15 Å². The summed E-state index contributed by atoms with van der Waals surface area (Å²) >= 11 is 0. The Hall–Kier alpha value is -1.51. The molecule has 1 heterocycles. The molecule has 1 aromatic heterocycles. The van der Waals surface area contributed by atoms with E-state index in [0.29, 0.717) is 11.3 Å².